The van der Waals surface area contributed by atoms with Gasteiger partial charge in [0.15, 0.2) is 0 Å². The largest absolute Gasteiger partial charge is 0.398 e. The molecule has 0 atom stereocenters. The molecule has 2 N–H and O–H groups in total. The van der Waals surface area contributed by atoms with Gasteiger partial charge in [0.1, 0.15) is 0 Å². The zero-order chi connectivity index (χ0) is 14.0. The number of aromatic nitrogens is 1. The molecule has 2 heteroatoms. The molecule has 0 spiro atoms. The van der Waals surface area contributed by atoms with Crippen molar-refractivity contribution in [1.82, 2.24) is 4.98 Å². The van der Waals surface area contributed by atoms with Crippen LogP contribution in [0.25, 0.3) is 10.9 Å². The Labute approximate surface area is 116 Å². The van der Waals surface area contributed by atoms with E-state index < -0.39 is 0 Å². The molecule has 0 fully saturated rings. The molecular formula is C17H24N2. The summed E-state index contributed by atoms with van der Waals surface area (Å²) in [5, 5.41) is 1.08. The Morgan fingerprint density at radius 1 is 1.16 bits per heavy atom. The third-order valence-corrected chi connectivity index (χ3v) is 3.49. The first-order valence-electron chi connectivity index (χ1n) is 7.11. The van der Waals surface area contributed by atoms with Gasteiger partial charge in [0.05, 0.1) is 5.52 Å². The summed E-state index contributed by atoms with van der Waals surface area (Å²) in [6.45, 7) is 8.70. The maximum Gasteiger partial charge on any atom is 0.0726 e. The highest BCUT2D eigenvalue weighted by Crippen LogP contribution is 2.28. The molecule has 0 radical (unpaired) electrons. The number of pyridine rings is 1. The van der Waals surface area contributed by atoms with E-state index in [9.17, 15) is 0 Å². The molecule has 0 saturated heterocycles. The lowest BCUT2D eigenvalue weighted by Crippen LogP contribution is -2.14. The Morgan fingerprint density at radius 2 is 1.89 bits per heavy atom. The first kappa shape index (κ1) is 13.9. The lowest BCUT2D eigenvalue weighted by atomic mass is 9.90. The van der Waals surface area contributed by atoms with Gasteiger partial charge in [-0.1, -0.05) is 40.2 Å². The molecule has 102 valence electrons. The molecule has 0 unspecified atom stereocenters. The summed E-state index contributed by atoms with van der Waals surface area (Å²) in [7, 11) is 0. The van der Waals surface area contributed by atoms with Crippen LogP contribution in [-0.2, 0) is 11.8 Å². The number of unbranched alkanes of at least 4 members (excludes halogenated alkanes) is 1. The van der Waals surface area contributed by atoms with Crippen LogP contribution in [-0.4, -0.2) is 4.98 Å². The molecule has 0 aliphatic carbocycles. The fourth-order valence-corrected chi connectivity index (χ4v) is 2.22. The van der Waals surface area contributed by atoms with Crippen molar-refractivity contribution >= 4 is 16.6 Å². The van der Waals surface area contributed by atoms with E-state index >= 15 is 0 Å². The number of anilines is 1. The van der Waals surface area contributed by atoms with Crippen LogP contribution in [0, 0.1) is 0 Å². The summed E-state index contributed by atoms with van der Waals surface area (Å²) in [4.78, 5) is 4.75. The van der Waals surface area contributed by atoms with Crippen molar-refractivity contribution < 1.29 is 0 Å². The fourth-order valence-electron chi connectivity index (χ4n) is 2.22. The smallest absolute Gasteiger partial charge is 0.0726 e. The molecule has 0 bridgehead atoms. The third kappa shape index (κ3) is 3.06. The van der Waals surface area contributed by atoms with Gasteiger partial charge in [0.2, 0.25) is 0 Å². The lowest BCUT2D eigenvalue weighted by molar-refractivity contribution is 0.572. The second-order valence-corrected chi connectivity index (χ2v) is 6.30. The zero-order valence-electron chi connectivity index (χ0n) is 12.5. The minimum Gasteiger partial charge on any atom is -0.398 e. The van der Waals surface area contributed by atoms with Crippen molar-refractivity contribution in [3.05, 3.63) is 35.5 Å². The topological polar surface area (TPSA) is 38.9 Å². The number of benzene rings is 1. The number of hydrogen-bond donors (Lipinski definition) is 1. The predicted molar refractivity (Wildman–Crippen MR) is 83.5 cm³/mol. The van der Waals surface area contributed by atoms with Crippen molar-refractivity contribution in [1.29, 1.82) is 0 Å². The van der Waals surface area contributed by atoms with Crippen molar-refractivity contribution in [2.75, 3.05) is 5.73 Å². The minimum absolute atomic E-state index is 0.0309. The van der Waals surface area contributed by atoms with Gasteiger partial charge in [0, 0.05) is 22.2 Å². The van der Waals surface area contributed by atoms with Crippen molar-refractivity contribution in [3.8, 4) is 0 Å². The third-order valence-electron chi connectivity index (χ3n) is 3.49. The maximum absolute atomic E-state index is 6.21. The Morgan fingerprint density at radius 3 is 2.53 bits per heavy atom. The lowest BCUT2D eigenvalue weighted by Gasteiger charge is -2.19. The van der Waals surface area contributed by atoms with Crippen molar-refractivity contribution in [3.63, 3.8) is 0 Å². The summed E-state index contributed by atoms with van der Waals surface area (Å²) < 4.78 is 0. The van der Waals surface area contributed by atoms with Gasteiger partial charge in [-0.15, -0.1) is 0 Å². The minimum atomic E-state index is 0.0309. The van der Waals surface area contributed by atoms with Crippen LogP contribution in [0.1, 0.15) is 51.8 Å². The Hall–Kier alpha value is -1.57. The van der Waals surface area contributed by atoms with E-state index in [-0.39, 0.29) is 5.41 Å². The van der Waals surface area contributed by atoms with E-state index in [1.165, 1.54) is 18.4 Å². The second-order valence-electron chi connectivity index (χ2n) is 6.30. The van der Waals surface area contributed by atoms with Crippen LogP contribution < -0.4 is 5.73 Å². The van der Waals surface area contributed by atoms with Gasteiger partial charge in [-0.05, 0) is 36.6 Å². The van der Waals surface area contributed by atoms with Crippen LogP contribution >= 0.6 is 0 Å². The van der Waals surface area contributed by atoms with Crippen molar-refractivity contribution in [2.24, 2.45) is 0 Å². The van der Waals surface area contributed by atoms with E-state index in [4.69, 9.17) is 10.7 Å². The van der Waals surface area contributed by atoms with E-state index in [0.717, 1.165) is 28.7 Å². The Kier molecular flexibility index (Phi) is 3.79. The molecule has 0 saturated carbocycles. The molecule has 1 heterocycles. The standard InChI is InChI=1S/C17H24N2/c1-5-6-7-12-8-9-15-13(10-12)14(18)11-16(19-15)17(2,3)4/h8-11H,5-7H2,1-4H3,(H2,18,19). The Balaban J connectivity index is 2.48. The SMILES string of the molecule is CCCCc1ccc2nc(C(C)(C)C)cc(N)c2c1. The monoisotopic (exact) mass is 256 g/mol. The zero-order valence-corrected chi connectivity index (χ0v) is 12.5. The summed E-state index contributed by atoms with van der Waals surface area (Å²) in [5.74, 6) is 0. The molecule has 0 aliphatic rings. The average molecular weight is 256 g/mol. The second kappa shape index (κ2) is 5.20. The van der Waals surface area contributed by atoms with E-state index in [1.54, 1.807) is 0 Å². The molecular weight excluding hydrogens is 232 g/mol. The number of nitrogens with zero attached hydrogens (tertiary/aromatic N) is 1. The van der Waals surface area contributed by atoms with Gasteiger partial charge >= 0.3 is 0 Å². The highest BCUT2D eigenvalue weighted by atomic mass is 14.7. The predicted octanol–water partition coefficient (Wildman–Crippen LogP) is 4.46. The fraction of sp³-hybridized carbons (Fsp3) is 0.471. The molecule has 2 rings (SSSR count). The summed E-state index contributed by atoms with van der Waals surface area (Å²) in [5.41, 5.74) is 10.5. The van der Waals surface area contributed by atoms with E-state index in [2.05, 4.69) is 45.9 Å². The normalized spacial score (nSPS) is 12.0. The molecule has 2 aromatic rings. The van der Waals surface area contributed by atoms with E-state index in [1.807, 2.05) is 6.07 Å². The van der Waals surface area contributed by atoms with Crippen LogP contribution in [0.4, 0.5) is 5.69 Å². The number of aryl methyl sites for hydroxylation is 1. The van der Waals surface area contributed by atoms with Gasteiger partial charge in [-0.3, -0.25) is 4.98 Å². The number of nitrogens with two attached hydrogens (primary N) is 1. The van der Waals surface area contributed by atoms with Crippen LogP contribution in [0.3, 0.4) is 0 Å². The van der Waals surface area contributed by atoms with Crippen LogP contribution in [0.5, 0.6) is 0 Å². The first-order chi connectivity index (χ1) is 8.91. The summed E-state index contributed by atoms with van der Waals surface area (Å²) >= 11 is 0. The molecule has 2 nitrogen and oxygen atoms in total. The molecule has 0 aliphatic heterocycles. The quantitative estimate of drug-likeness (QED) is 0.880. The number of hydrogen-bond acceptors (Lipinski definition) is 2. The first-order valence-corrected chi connectivity index (χ1v) is 7.11. The summed E-state index contributed by atoms with van der Waals surface area (Å²) in [6, 6.07) is 8.49. The molecule has 19 heavy (non-hydrogen) atoms. The summed E-state index contributed by atoms with van der Waals surface area (Å²) in [6.07, 6.45) is 3.56. The van der Waals surface area contributed by atoms with Gasteiger partial charge in [-0.25, -0.2) is 0 Å². The highest BCUT2D eigenvalue weighted by molar-refractivity contribution is 5.90. The number of rotatable bonds is 3. The highest BCUT2D eigenvalue weighted by Gasteiger charge is 2.17. The van der Waals surface area contributed by atoms with Gasteiger partial charge in [0.25, 0.3) is 0 Å². The van der Waals surface area contributed by atoms with E-state index in [0.29, 0.717) is 0 Å². The van der Waals surface area contributed by atoms with Crippen LogP contribution in [0.15, 0.2) is 24.3 Å². The molecule has 1 aromatic carbocycles. The van der Waals surface area contributed by atoms with Crippen LogP contribution in [0.2, 0.25) is 0 Å². The average Bonchev–Trinajstić information content (AvgIpc) is 2.35. The molecule has 1 aromatic heterocycles. The van der Waals surface area contributed by atoms with Crippen molar-refractivity contribution in [2.45, 2.75) is 52.4 Å². The van der Waals surface area contributed by atoms with Gasteiger partial charge < -0.3 is 5.73 Å². The number of nitrogen functional groups attached to an aromatic ring is 1. The Bertz CT molecular complexity index is 580. The van der Waals surface area contributed by atoms with Gasteiger partial charge in [-0.2, -0.15) is 0 Å². The number of fused-ring (bicyclic) bond motifs is 1. The molecule has 0 amide bonds. The maximum atomic E-state index is 6.21.